The Bertz CT molecular complexity index is 936. The smallest absolute Gasteiger partial charge is 0.271 e. The molecule has 0 saturated carbocycles. The van der Waals surface area contributed by atoms with E-state index in [2.05, 4.69) is 34.2 Å². The summed E-state index contributed by atoms with van der Waals surface area (Å²) in [4.78, 5) is 20.2. The monoisotopic (exact) mass is 335 g/mol. The predicted molar refractivity (Wildman–Crippen MR) is 96.0 cm³/mol. The van der Waals surface area contributed by atoms with Crippen molar-refractivity contribution in [2.24, 2.45) is 12.5 Å². The second kappa shape index (κ2) is 5.58. The van der Waals surface area contributed by atoms with Crippen LogP contribution in [0.5, 0.6) is 0 Å². The maximum absolute atomic E-state index is 12.3. The molecule has 1 amide bonds. The molecule has 128 valence electrons. The van der Waals surface area contributed by atoms with Crippen LogP contribution in [0.4, 0.5) is 0 Å². The van der Waals surface area contributed by atoms with Gasteiger partial charge in [-0.05, 0) is 17.9 Å². The molecule has 1 aromatic carbocycles. The molecule has 1 aliphatic heterocycles. The van der Waals surface area contributed by atoms with Gasteiger partial charge in [0.15, 0.2) is 5.82 Å². The standard InChI is InChI=1S/C19H21N5O/c1-19(2)10-14-16(18(25)20-11-19)22-17(21-14)15-9-13(23-24(15)3)12-7-5-4-6-8-12/h4-9H,10-11H2,1-3H3,(H,20,25)(H,21,22). The second-order valence-electron chi connectivity index (χ2n) is 7.34. The van der Waals surface area contributed by atoms with Crippen molar-refractivity contribution in [3.8, 4) is 22.8 Å². The van der Waals surface area contributed by atoms with Gasteiger partial charge in [-0.2, -0.15) is 5.10 Å². The molecule has 25 heavy (non-hydrogen) atoms. The van der Waals surface area contributed by atoms with Crippen LogP contribution in [0.3, 0.4) is 0 Å². The number of nitrogens with zero attached hydrogens (tertiary/aromatic N) is 3. The van der Waals surface area contributed by atoms with Crippen molar-refractivity contribution in [2.45, 2.75) is 20.3 Å². The number of nitrogens with one attached hydrogen (secondary N) is 2. The zero-order valence-electron chi connectivity index (χ0n) is 14.6. The number of benzene rings is 1. The summed E-state index contributed by atoms with van der Waals surface area (Å²) in [6, 6.07) is 12.0. The van der Waals surface area contributed by atoms with Crippen molar-refractivity contribution in [1.29, 1.82) is 0 Å². The van der Waals surface area contributed by atoms with Gasteiger partial charge >= 0.3 is 0 Å². The number of imidazole rings is 1. The van der Waals surface area contributed by atoms with Gasteiger partial charge in [-0.1, -0.05) is 44.2 Å². The van der Waals surface area contributed by atoms with Crippen molar-refractivity contribution < 1.29 is 4.79 Å². The fraction of sp³-hybridized carbons (Fsp3) is 0.316. The summed E-state index contributed by atoms with van der Waals surface area (Å²) in [6.45, 7) is 4.93. The van der Waals surface area contributed by atoms with Crippen LogP contribution in [0.2, 0.25) is 0 Å². The molecule has 0 bridgehead atoms. The van der Waals surface area contributed by atoms with Crippen molar-refractivity contribution in [1.82, 2.24) is 25.1 Å². The van der Waals surface area contributed by atoms with Crippen molar-refractivity contribution >= 4 is 5.91 Å². The SMILES string of the molecule is Cn1nc(-c2ccccc2)cc1-c1nc2c([nH]1)CC(C)(C)CNC2=O. The van der Waals surface area contributed by atoms with E-state index in [1.54, 1.807) is 4.68 Å². The van der Waals surface area contributed by atoms with Crippen molar-refractivity contribution in [3.05, 3.63) is 47.8 Å². The fourth-order valence-corrected chi connectivity index (χ4v) is 3.23. The lowest BCUT2D eigenvalue weighted by Crippen LogP contribution is -2.32. The minimum absolute atomic E-state index is 0.00757. The maximum Gasteiger partial charge on any atom is 0.271 e. The van der Waals surface area contributed by atoms with Gasteiger partial charge < -0.3 is 10.3 Å². The van der Waals surface area contributed by atoms with Crippen LogP contribution < -0.4 is 5.32 Å². The Balaban J connectivity index is 1.76. The van der Waals surface area contributed by atoms with E-state index in [0.29, 0.717) is 18.1 Å². The Hall–Kier alpha value is -2.89. The van der Waals surface area contributed by atoms with Crippen molar-refractivity contribution in [3.63, 3.8) is 0 Å². The van der Waals surface area contributed by atoms with E-state index in [9.17, 15) is 4.79 Å². The average molecular weight is 335 g/mol. The number of aromatic amines is 1. The van der Waals surface area contributed by atoms with E-state index in [4.69, 9.17) is 0 Å². The Kier molecular flexibility index (Phi) is 3.49. The number of rotatable bonds is 2. The maximum atomic E-state index is 12.3. The van der Waals surface area contributed by atoms with Crippen LogP contribution in [0, 0.1) is 5.41 Å². The van der Waals surface area contributed by atoms with Crippen LogP contribution in [-0.2, 0) is 13.5 Å². The quantitative estimate of drug-likeness (QED) is 0.756. The third kappa shape index (κ3) is 2.84. The minimum Gasteiger partial charge on any atom is -0.350 e. The lowest BCUT2D eigenvalue weighted by Gasteiger charge is -2.21. The summed E-state index contributed by atoms with van der Waals surface area (Å²) in [5, 5.41) is 7.54. The highest BCUT2D eigenvalue weighted by molar-refractivity contribution is 5.94. The van der Waals surface area contributed by atoms with Gasteiger partial charge in [0.05, 0.1) is 5.69 Å². The molecule has 6 heteroatoms. The first-order chi connectivity index (χ1) is 11.9. The zero-order valence-corrected chi connectivity index (χ0v) is 14.6. The summed E-state index contributed by atoms with van der Waals surface area (Å²) >= 11 is 0. The van der Waals surface area contributed by atoms with Gasteiger partial charge in [0, 0.05) is 24.8 Å². The number of fused-ring (bicyclic) bond motifs is 1. The third-order valence-electron chi connectivity index (χ3n) is 4.57. The minimum atomic E-state index is -0.117. The van der Waals surface area contributed by atoms with E-state index in [1.807, 2.05) is 43.4 Å². The normalized spacial score (nSPS) is 16.2. The van der Waals surface area contributed by atoms with Crippen molar-refractivity contribution in [2.75, 3.05) is 6.54 Å². The second-order valence-corrected chi connectivity index (χ2v) is 7.34. The predicted octanol–water partition coefficient (Wildman–Crippen LogP) is 2.79. The number of hydrogen-bond acceptors (Lipinski definition) is 3. The van der Waals surface area contributed by atoms with Crippen LogP contribution in [0.1, 0.15) is 30.0 Å². The molecule has 2 N–H and O–H groups in total. The molecule has 4 rings (SSSR count). The van der Waals surface area contributed by atoms with E-state index < -0.39 is 0 Å². The zero-order chi connectivity index (χ0) is 17.6. The number of carbonyl (C=O) groups is 1. The van der Waals surface area contributed by atoms with Gasteiger partial charge in [0.25, 0.3) is 5.91 Å². The lowest BCUT2D eigenvalue weighted by molar-refractivity contribution is 0.0940. The van der Waals surface area contributed by atoms with Crippen LogP contribution in [-0.4, -0.2) is 32.2 Å². The van der Waals surface area contributed by atoms with Gasteiger partial charge in [-0.3, -0.25) is 9.48 Å². The summed E-state index contributed by atoms with van der Waals surface area (Å²) in [5.74, 6) is 0.559. The number of aryl methyl sites for hydroxylation is 1. The average Bonchev–Trinajstić information content (AvgIpc) is 3.14. The number of H-pyrrole nitrogens is 1. The van der Waals surface area contributed by atoms with Gasteiger partial charge in [0.2, 0.25) is 0 Å². The van der Waals surface area contributed by atoms with E-state index in [1.165, 1.54) is 0 Å². The molecule has 0 unspecified atom stereocenters. The molecule has 0 spiro atoms. The van der Waals surface area contributed by atoms with Crippen LogP contribution in [0.15, 0.2) is 36.4 Å². The van der Waals surface area contributed by atoms with E-state index >= 15 is 0 Å². The molecule has 3 aromatic rings. The number of aromatic nitrogens is 4. The molecule has 3 heterocycles. The lowest BCUT2D eigenvalue weighted by atomic mass is 9.88. The van der Waals surface area contributed by atoms with Gasteiger partial charge in [0.1, 0.15) is 11.4 Å². The Labute approximate surface area is 146 Å². The first-order valence-electron chi connectivity index (χ1n) is 8.40. The molecule has 0 radical (unpaired) electrons. The highest BCUT2D eigenvalue weighted by Gasteiger charge is 2.30. The molecule has 2 aromatic heterocycles. The highest BCUT2D eigenvalue weighted by atomic mass is 16.1. The molecular weight excluding hydrogens is 314 g/mol. The first kappa shape index (κ1) is 15.6. The summed E-state index contributed by atoms with van der Waals surface area (Å²) < 4.78 is 1.80. The molecular formula is C19H21N5O. The topological polar surface area (TPSA) is 75.6 Å². The van der Waals surface area contributed by atoms with E-state index in [0.717, 1.165) is 29.1 Å². The van der Waals surface area contributed by atoms with Gasteiger partial charge in [-0.15, -0.1) is 0 Å². The Morgan fingerprint density at radius 3 is 2.72 bits per heavy atom. The number of carbonyl (C=O) groups excluding carboxylic acids is 1. The third-order valence-corrected chi connectivity index (χ3v) is 4.57. The number of hydrogen-bond donors (Lipinski definition) is 2. The summed E-state index contributed by atoms with van der Waals surface area (Å²) in [7, 11) is 1.89. The largest absolute Gasteiger partial charge is 0.350 e. The van der Waals surface area contributed by atoms with Gasteiger partial charge in [-0.25, -0.2) is 4.98 Å². The Morgan fingerprint density at radius 2 is 1.96 bits per heavy atom. The Morgan fingerprint density at radius 1 is 1.20 bits per heavy atom. The fourth-order valence-electron chi connectivity index (χ4n) is 3.23. The van der Waals surface area contributed by atoms with Crippen LogP contribution in [0.25, 0.3) is 22.8 Å². The molecule has 1 aliphatic rings. The van der Waals surface area contributed by atoms with Crippen LogP contribution >= 0.6 is 0 Å². The summed E-state index contributed by atoms with van der Waals surface area (Å²) in [6.07, 6.45) is 0.775. The molecule has 0 fully saturated rings. The first-order valence-corrected chi connectivity index (χ1v) is 8.40. The summed E-state index contributed by atoms with van der Waals surface area (Å²) in [5.41, 5.74) is 4.16. The molecule has 0 aliphatic carbocycles. The number of amides is 1. The highest BCUT2D eigenvalue weighted by Crippen LogP contribution is 2.29. The molecule has 0 saturated heterocycles. The molecule has 0 atom stereocenters. The van der Waals surface area contributed by atoms with E-state index in [-0.39, 0.29) is 11.3 Å². The molecule has 6 nitrogen and oxygen atoms in total.